The van der Waals surface area contributed by atoms with Crippen LogP contribution in [0.1, 0.15) is 16.7 Å². The predicted molar refractivity (Wildman–Crippen MR) is 120 cm³/mol. The molecule has 34 heavy (non-hydrogen) atoms. The Morgan fingerprint density at radius 3 is 2.56 bits per heavy atom. The quantitative estimate of drug-likeness (QED) is 0.364. The zero-order valence-electron chi connectivity index (χ0n) is 17.7. The van der Waals surface area contributed by atoms with Crippen LogP contribution >= 0.6 is 0 Å². The van der Waals surface area contributed by atoms with Gasteiger partial charge in [0, 0.05) is 48.4 Å². The highest BCUT2D eigenvalue weighted by molar-refractivity contribution is 7.90. The van der Waals surface area contributed by atoms with Crippen LogP contribution in [-0.4, -0.2) is 25.4 Å². The molecule has 0 aliphatic rings. The van der Waals surface area contributed by atoms with Crippen LogP contribution in [0.2, 0.25) is 0 Å². The number of benzene rings is 2. The van der Waals surface area contributed by atoms with E-state index in [-0.39, 0.29) is 46.1 Å². The second-order valence-electron chi connectivity index (χ2n) is 7.04. The summed E-state index contributed by atoms with van der Waals surface area (Å²) in [5.74, 6) is -0.618. The third kappa shape index (κ3) is 4.87. The molecule has 4 rings (SSSR count). The fraction of sp³-hybridized carbons (Fsp3) is 0.136. The van der Waals surface area contributed by atoms with Crippen molar-refractivity contribution in [2.75, 3.05) is 11.8 Å². The van der Waals surface area contributed by atoms with Gasteiger partial charge >= 0.3 is 11.6 Å². The number of nitrogens with zero attached hydrogens (tertiary/aromatic N) is 2. The Morgan fingerprint density at radius 1 is 1.09 bits per heavy atom. The molecule has 0 amide bonds. The van der Waals surface area contributed by atoms with Crippen molar-refractivity contribution in [2.45, 2.75) is 13.1 Å². The number of hydrogen-bond donors (Lipinski definition) is 2. The molecule has 0 atom stereocenters. The molecular weight excluding hydrogens is 470 g/mol. The molecule has 2 aromatic carbocycles. The maximum atomic E-state index is 15.0. The van der Waals surface area contributed by atoms with Gasteiger partial charge in [0.15, 0.2) is 5.82 Å². The molecule has 0 spiro atoms. The third-order valence-corrected chi connectivity index (χ3v) is 5.96. The molecule has 0 aliphatic carbocycles. The molecule has 0 saturated heterocycles. The van der Waals surface area contributed by atoms with Crippen LogP contribution in [0.5, 0.6) is 11.8 Å². The van der Waals surface area contributed by atoms with Gasteiger partial charge in [-0.2, -0.15) is 8.42 Å². The Balaban J connectivity index is 1.72. The molecule has 12 heteroatoms. The summed E-state index contributed by atoms with van der Waals surface area (Å²) in [4.78, 5) is 20.6. The normalized spacial score (nSPS) is 11.5. The Kier molecular flexibility index (Phi) is 6.52. The van der Waals surface area contributed by atoms with Gasteiger partial charge in [-0.05, 0) is 29.8 Å². The van der Waals surface area contributed by atoms with Gasteiger partial charge in [-0.3, -0.25) is 4.72 Å². The van der Waals surface area contributed by atoms with Gasteiger partial charge in [-0.1, -0.05) is 12.1 Å². The fourth-order valence-corrected chi connectivity index (χ4v) is 3.85. The number of alkyl halides is 1. The topological polar surface area (TPSA) is 123 Å². The van der Waals surface area contributed by atoms with Crippen molar-refractivity contribution in [1.29, 1.82) is 0 Å². The molecule has 0 bridgehead atoms. The predicted octanol–water partition coefficient (Wildman–Crippen LogP) is 3.45. The Labute approximate surface area is 192 Å². The standard InChI is InChI=1S/C22H18F2N4O5S/c1-25-34(30,31)28-18-5-2-4-13(20(18)24)10-16-17(12-23)15-7-6-14(11-19(15)33-21(16)29)32-22-26-8-3-9-27-22/h2-9,11,25,28H,10,12H2,1H3. The van der Waals surface area contributed by atoms with Gasteiger partial charge in [-0.15, -0.1) is 0 Å². The Morgan fingerprint density at radius 2 is 1.85 bits per heavy atom. The first-order chi connectivity index (χ1) is 16.3. The summed E-state index contributed by atoms with van der Waals surface area (Å²) in [7, 11) is -2.79. The van der Waals surface area contributed by atoms with Crippen molar-refractivity contribution in [1.82, 2.24) is 14.7 Å². The second kappa shape index (κ2) is 9.53. The minimum Gasteiger partial charge on any atom is -0.424 e. The fourth-order valence-electron chi connectivity index (χ4n) is 3.30. The molecule has 2 heterocycles. The third-order valence-electron chi connectivity index (χ3n) is 4.94. The zero-order valence-corrected chi connectivity index (χ0v) is 18.5. The van der Waals surface area contributed by atoms with Crippen molar-refractivity contribution >= 4 is 26.9 Å². The monoisotopic (exact) mass is 488 g/mol. The molecule has 176 valence electrons. The van der Waals surface area contributed by atoms with Crippen molar-refractivity contribution in [3.8, 4) is 11.8 Å². The first kappa shape index (κ1) is 23.3. The van der Waals surface area contributed by atoms with Gasteiger partial charge in [0.1, 0.15) is 18.0 Å². The van der Waals surface area contributed by atoms with Crippen molar-refractivity contribution in [3.63, 3.8) is 0 Å². The summed E-state index contributed by atoms with van der Waals surface area (Å²) in [6.45, 7) is -1.01. The number of halogens is 2. The van der Waals surface area contributed by atoms with E-state index in [0.29, 0.717) is 5.39 Å². The minimum atomic E-state index is -3.96. The highest BCUT2D eigenvalue weighted by Crippen LogP contribution is 2.29. The molecule has 2 aromatic heterocycles. The van der Waals surface area contributed by atoms with Gasteiger partial charge in [-0.25, -0.2) is 28.3 Å². The molecular formula is C22H18F2N4O5S. The zero-order chi connectivity index (χ0) is 24.3. The lowest BCUT2D eigenvalue weighted by Gasteiger charge is -2.13. The van der Waals surface area contributed by atoms with Gasteiger partial charge < -0.3 is 9.15 Å². The molecule has 4 aromatic rings. The first-order valence-electron chi connectivity index (χ1n) is 9.89. The Hall–Kier alpha value is -3.90. The smallest absolute Gasteiger partial charge is 0.340 e. The summed E-state index contributed by atoms with van der Waals surface area (Å²) in [6.07, 6.45) is 2.68. The highest BCUT2D eigenvalue weighted by Gasteiger charge is 2.19. The SMILES string of the molecule is CNS(=O)(=O)Nc1cccc(Cc2c(CF)c3ccc(Oc4ncccn4)cc3oc2=O)c1F. The van der Waals surface area contributed by atoms with E-state index >= 15 is 0 Å². The van der Waals surface area contributed by atoms with Crippen LogP contribution in [0.15, 0.2) is 64.1 Å². The van der Waals surface area contributed by atoms with Crippen molar-refractivity contribution in [3.05, 3.63) is 87.8 Å². The van der Waals surface area contributed by atoms with Crippen molar-refractivity contribution < 1.29 is 26.4 Å². The lowest BCUT2D eigenvalue weighted by Crippen LogP contribution is -2.27. The van der Waals surface area contributed by atoms with E-state index in [1.807, 2.05) is 9.44 Å². The number of anilines is 1. The molecule has 0 fully saturated rings. The molecule has 0 unspecified atom stereocenters. The molecule has 2 N–H and O–H groups in total. The number of rotatable bonds is 8. The number of ether oxygens (including phenoxy) is 1. The molecule has 0 saturated carbocycles. The second-order valence-corrected chi connectivity index (χ2v) is 8.66. The lowest BCUT2D eigenvalue weighted by molar-refractivity contribution is 0.440. The lowest BCUT2D eigenvalue weighted by atomic mass is 9.98. The summed E-state index contributed by atoms with van der Waals surface area (Å²) in [6, 6.07) is 10.2. The largest absolute Gasteiger partial charge is 0.424 e. The van der Waals surface area contributed by atoms with E-state index in [9.17, 15) is 22.0 Å². The number of nitrogens with one attached hydrogen (secondary N) is 2. The summed E-state index contributed by atoms with van der Waals surface area (Å²) < 4.78 is 67.4. The molecule has 0 aliphatic heterocycles. The van der Waals surface area contributed by atoms with Crippen LogP contribution in [0.4, 0.5) is 14.5 Å². The maximum Gasteiger partial charge on any atom is 0.340 e. The van der Waals surface area contributed by atoms with Gasteiger partial charge in [0.25, 0.3) is 10.2 Å². The minimum absolute atomic E-state index is 0.0150. The van der Waals surface area contributed by atoms with E-state index in [1.54, 1.807) is 6.07 Å². The first-order valence-corrected chi connectivity index (χ1v) is 11.4. The number of aromatic nitrogens is 2. The highest BCUT2D eigenvalue weighted by atomic mass is 32.2. The number of fused-ring (bicyclic) bond motifs is 1. The summed E-state index contributed by atoms with van der Waals surface area (Å²) in [5.41, 5.74) is -1.15. The Bertz CT molecular complexity index is 1510. The van der Waals surface area contributed by atoms with Crippen LogP contribution < -0.4 is 19.8 Å². The maximum absolute atomic E-state index is 15.0. The van der Waals surface area contributed by atoms with Crippen LogP contribution in [-0.2, 0) is 23.3 Å². The van der Waals surface area contributed by atoms with Gasteiger partial charge in [0.05, 0.1) is 5.69 Å². The average Bonchev–Trinajstić information content (AvgIpc) is 2.82. The summed E-state index contributed by atoms with van der Waals surface area (Å²) in [5, 5.41) is 0.311. The van der Waals surface area contributed by atoms with E-state index in [4.69, 9.17) is 9.15 Å². The number of hydrogen-bond acceptors (Lipinski definition) is 7. The van der Waals surface area contributed by atoms with Crippen molar-refractivity contribution in [2.24, 2.45) is 0 Å². The van der Waals surface area contributed by atoms with Crippen LogP contribution in [0.3, 0.4) is 0 Å². The van der Waals surface area contributed by atoms with E-state index in [1.165, 1.54) is 55.8 Å². The average molecular weight is 488 g/mol. The van der Waals surface area contributed by atoms with E-state index in [0.717, 1.165) is 0 Å². The molecule has 0 radical (unpaired) electrons. The molecule has 9 nitrogen and oxygen atoms in total. The summed E-state index contributed by atoms with van der Waals surface area (Å²) >= 11 is 0. The van der Waals surface area contributed by atoms with Crippen LogP contribution in [0.25, 0.3) is 11.0 Å². The van der Waals surface area contributed by atoms with Crippen LogP contribution in [0, 0.1) is 5.82 Å². The van der Waals surface area contributed by atoms with E-state index in [2.05, 4.69) is 9.97 Å². The van der Waals surface area contributed by atoms with E-state index < -0.39 is 28.3 Å². The van der Waals surface area contributed by atoms with Gasteiger partial charge in [0.2, 0.25) is 0 Å².